The second-order valence-corrected chi connectivity index (χ2v) is 9.87. The van der Waals surface area contributed by atoms with Gasteiger partial charge in [0.2, 0.25) is 5.91 Å². The molecule has 0 atom stereocenters. The van der Waals surface area contributed by atoms with E-state index in [-0.39, 0.29) is 17.3 Å². The van der Waals surface area contributed by atoms with Crippen LogP contribution >= 0.6 is 15.9 Å². The highest BCUT2D eigenvalue weighted by atomic mass is 79.9. The van der Waals surface area contributed by atoms with Gasteiger partial charge in [0.05, 0.1) is 10.6 Å². The molecule has 0 heterocycles. The van der Waals surface area contributed by atoms with Gasteiger partial charge in [-0.2, -0.15) is 0 Å². The number of carbonyl (C=O) groups is 1. The predicted molar refractivity (Wildman–Crippen MR) is 112 cm³/mol. The first-order valence-corrected chi connectivity index (χ1v) is 10.9. The average molecular weight is 453 g/mol. The summed E-state index contributed by atoms with van der Waals surface area (Å²) in [5.74, 6) is -0.350. The summed E-state index contributed by atoms with van der Waals surface area (Å²) >= 11 is 3.37. The molecule has 1 amide bonds. The summed E-state index contributed by atoms with van der Waals surface area (Å²) in [7, 11) is -3.89. The largest absolute Gasteiger partial charge is 0.350 e. The van der Waals surface area contributed by atoms with Crippen molar-refractivity contribution in [2.24, 2.45) is 0 Å². The first kappa shape index (κ1) is 21.4. The summed E-state index contributed by atoms with van der Waals surface area (Å²) in [6.07, 6.45) is 0.736. The number of amides is 1. The Bertz CT molecular complexity index is 909. The summed E-state index contributed by atoms with van der Waals surface area (Å²) in [5, 5.41) is 2.90. The van der Waals surface area contributed by atoms with Gasteiger partial charge in [0, 0.05) is 10.0 Å². The Labute approximate surface area is 170 Å². The molecule has 2 rings (SSSR count). The second kappa shape index (κ2) is 8.44. The van der Waals surface area contributed by atoms with E-state index < -0.39 is 15.6 Å². The van der Waals surface area contributed by atoms with E-state index in [0.29, 0.717) is 5.69 Å². The van der Waals surface area contributed by atoms with Gasteiger partial charge in [-0.3, -0.25) is 9.10 Å². The minimum Gasteiger partial charge on any atom is -0.350 e. The number of benzene rings is 2. The fourth-order valence-corrected chi connectivity index (χ4v) is 4.22. The maximum absolute atomic E-state index is 13.3. The fourth-order valence-electron chi connectivity index (χ4n) is 2.42. The Morgan fingerprint density at radius 2 is 1.78 bits per heavy atom. The van der Waals surface area contributed by atoms with Gasteiger partial charge in [0.1, 0.15) is 6.54 Å². The Morgan fingerprint density at radius 1 is 1.15 bits per heavy atom. The molecular weight excluding hydrogens is 428 g/mol. The number of rotatable bonds is 7. The lowest BCUT2D eigenvalue weighted by atomic mass is 10.0. The highest BCUT2D eigenvalue weighted by Gasteiger charge is 2.29. The van der Waals surface area contributed by atoms with E-state index in [1.54, 1.807) is 48.5 Å². The maximum Gasteiger partial charge on any atom is 0.264 e. The van der Waals surface area contributed by atoms with Crippen LogP contribution in [0.1, 0.15) is 32.8 Å². The second-order valence-electron chi connectivity index (χ2n) is 7.09. The molecule has 0 aliphatic carbocycles. The Balaban J connectivity index is 2.44. The van der Waals surface area contributed by atoms with E-state index in [4.69, 9.17) is 0 Å². The molecule has 2 aromatic carbocycles. The minimum absolute atomic E-state index is 0.149. The third-order valence-electron chi connectivity index (χ3n) is 4.35. The SMILES string of the molecule is CCC(C)(C)NC(=O)CN(c1cccc(Br)c1)S(=O)(=O)c1ccc(C)cc1. The van der Waals surface area contributed by atoms with Crippen molar-refractivity contribution in [1.29, 1.82) is 0 Å². The van der Waals surface area contributed by atoms with Crippen molar-refractivity contribution < 1.29 is 13.2 Å². The van der Waals surface area contributed by atoms with Crippen LogP contribution in [0.2, 0.25) is 0 Å². The molecule has 0 aliphatic heterocycles. The van der Waals surface area contributed by atoms with E-state index in [9.17, 15) is 13.2 Å². The van der Waals surface area contributed by atoms with Gasteiger partial charge in [0.25, 0.3) is 10.0 Å². The smallest absolute Gasteiger partial charge is 0.264 e. The average Bonchev–Trinajstić information content (AvgIpc) is 2.59. The first-order valence-electron chi connectivity index (χ1n) is 8.71. The summed E-state index contributed by atoms with van der Waals surface area (Å²) in [5.41, 5.74) is 0.980. The molecule has 0 saturated carbocycles. The number of nitrogens with zero attached hydrogens (tertiary/aromatic N) is 1. The van der Waals surface area contributed by atoms with Crippen LogP contribution < -0.4 is 9.62 Å². The topological polar surface area (TPSA) is 66.5 Å². The molecule has 7 heteroatoms. The molecule has 0 aromatic heterocycles. The monoisotopic (exact) mass is 452 g/mol. The molecule has 146 valence electrons. The van der Waals surface area contributed by atoms with E-state index in [2.05, 4.69) is 21.2 Å². The van der Waals surface area contributed by atoms with Crippen molar-refractivity contribution in [3.8, 4) is 0 Å². The Hall–Kier alpha value is -1.86. The highest BCUT2D eigenvalue weighted by Crippen LogP contribution is 2.26. The van der Waals surface area contributed by atoms with Crippen LogP contribution in [0.25, 0.3) is 0 Å². The number of nitrogens with one attached hydrogen (secondary N) is 1. The third kappa shape index (κ3) is 5.56. The van der Waals surface area contributed by atoms with E-state index in [1.807, 2.05) is 27.7 Å². The van der Waals surface area contributed by atoms with E-state index >= 15 is 0 Å². The Morgan fingerprint density at radius 3 is 2.33 bits per heavy atom. The van der Waals surface area contributed by atoms with E-state index in [0.717, 1.165) is 20.8 Å². The van der Waals surface area contributed by atoms with Gasteiger partial charge in [-0.05, 0) is 57.5 Å². The van der Waals surface area contributed by atoms with E-state index in [1.165, 1.54) is 0 Å². The Kier molecular flexibility index (Phi) is 6.70. The lowest BCUT2D eigenvalue weighted by Gasteiger charge is -2.28. The molecule has 0 spiro atoms. The zero-order chi connectivity index (χ0) is 20.2. The highest BCUT2D eigenvalue weighted by molar-refractivity contribution is 9.10. The van der Waals surface area contributed by atoms with Crippen molar-refractivity contribution >= 4 is 37.5 Å². The number of anilines is 1. The molecule has 0 unspecified atom stereocenters. The summed E-state index contributed by atoms with van der Waals surface area (Å²) < 4.78 is 28.4. The molecule has 2 aromatic rings. The zero-order valence-electron chi connectivity index (χ0n) is 16.0. The number of sulfonamides is 1. The van der Waals surface area contributed by atoms with Gasteiger partial charge in [-0.1, -0.05) is 46.6 Å². The van der Waals surface area contributed by atoms with Crippen LogP contribution in [0, 0.1) is 6.92 Å². The number of aryl methyl sites for hydroxylation is 1. The lowest BCUT2D eigenvalue weighted by Crippen LogP contribution is -2.48. The van der Waals surface area contributed by atoms with Crippen molar-refractivity contribution in [1.82, 2.24) is 5.32 Å². The van der Waals surface area contributed by atoms with Gasteiger partial charge in [-0.15, -0.1) is 0 Å². The van der Waals surface area contributed by atoms with Crippen LogP contribution in [-0.4, -0.2) is 26.4 Å². The molecule has 0 bridgehead atoms. The van der Waals surface area contributed by atoms with Crippen molar-refractivity contribution in [2.75, 3.05) is 10.8 Å². The fraction of sp³-hybridized carbons (Fsp3) is 0.350. The molecule has 27 heavy (non-hydrogen) atoms. The van der Waals surface area contributed by atoms with Crippen LogP contribution in [0.5, 0.6) is 0 Å². The molecule has 0 aliphatic rings. The third-order valence-corrected chi connectivity index (χ3v) is 6.64. The zero-order valence-corrected chi connectivity index (χ0v) is 18.4. The lowest BCUT2D eigenvalue weighted by molar-refractivity contribution is -0.121. The molecule has 0 fully saturated rings. The van der Waals surface area contributed by atoms with Gasteiger partial charge in [-0.25, -0.2) is 8.42 Å². The normalized spacial score (nSPS) is 11.9. The summed E-state index contributed by atoms with van der Waals surface area (Å²) in [6, 6.07) is 13.5. The van der Waals surface area contributed by atoms with Gasteiger partial charge >= 0.3 is 0 Å². The van der Waals surface area contributed by atoms with Gasteiger partial charge in [0.15, 0.2) is 0 Å². The molecule has 0 radical (unpaired) electrons. The van der Waals surface area contributed by atoms with Gasteiger partial charge < -0.3 is 5.32 Å². The minimum atomic E-state index is -3.89. The van der Waals surface area contributed by atoms with Crippen LogP contribution in [0.3, 0.4) is 0 Å². The molecule has 5 nitrogen and oxygen atoms in total. The van der Waals surface area contributed by atoms with Crippen LogP contribution in [0.15, 0.2) is 57.9 Å². The van der Waals surface area contributed by atoms with Crippen LogP contribution in [-0.2, 0) is 14.8 Å². The standard InChI is InChI=1S/C20H25BrN2O3S/c1-5-20(3,4)22-19(24)14-23(17-8-6-7-16(21)13-17)27(25,26)18-11-9-15(2)10-12-18/h6-13H,5,14H2,1-4H3,(H,22,24). The van der Waals surface area contributed by atoms with Crippen LogP contribution in [0.4, 0.5) is 5.69 Å². The number of halogens is 1. The summed E-state index contributed by atoms with van der Waals surface area (Å²) in [6.45, 7) is 7.37. The predicted octanol–water partition coefficient (Wildman–Crippen LogP) is 4.26. The first-order chi connectivity index (χ1) is 12.5. The maximum atomic E-state index is 13.3. The number of hydrogen-bond donors (Lipinski definition) is 1. The molecule has 1 N–H and O–H groups in total. The molecular formula is C20H25BrN2O3S. The van der Waals surface area contributed by atoms with Crippen molar-refractivity contribution in [3.05, 3.63) is 58.6 Å². The summed E-state index contributed by atoms with van der Waals surface area (Å²) in [4.78, 5) is 12.7. The van der Waals surface area contributed by atoms with Crippen molar-refractivity contribution in [2.45, 2.75) is 44.6 Å². The number of carbonyl (C=O) groups excluding carboxylic acids is 1. The quantitative estimate of drug-likeness (QED) is 0.682. The van der Waals surface area contributed by atoms with Crippen molar-refractivity contribution in [3.63, 3.8) is 0 Å². The number of hydrogen-bond acceptors (Lipinski definition) is 3. The molecule has 0 saturated heterocycles.